The molecule has 3 amide bonds. The van der Waals surface area contributed by atoms with E-state index in [4.69, 9.17) is 4.74 Å². The summed E-state index contributed by atoms with van der Waals surface area (Å²) in [5.74, 6) is -2.36. The van der Waals surface area contributed by atoms with Crippen LogP contribution in [0.3, 0.4) is 0 Å². The first kappa shape index (κ1) is 15.4. The van der Waals surface area contributed by atoms with Crippen LogP contribution >= 0.6 is 15.9 Å². The lowest BCUT2D eigenvalue weighted by molar-refractivity contribution is -0.136. The molecule has 1 saturated heterocycles. The Morgan fingerprint density at radius 3 is 2.76 bits per heavy atom. The van der Waals surface area contributed by atoms with Crippen LogP contribution in [0.25, 0.3) is 0 Å². The van der Waals surface area contributed by atoms with Crippen molar-refractivity contribution in [2.45, 2.75) is 13.0 Å². The molecule has 112 valence electrons. The second-order valence-electron chi connectivity index (χ2n) is 4.39. The first-order valence-electron chi connectivity index (χ1n) is 6.15. The normalized spacial score (nSPS) is 15.6. The van der Waals surface area contributed by atoms with Crippen molar-refractivity contribution in [2.24, 2.45) is 0 Å². The summed E-state index contributed by atoms with van der Waals surface area (Å²) < 4.78 is 19.0. The number of nitrogens with zero attached hydrogens (tertiary/aromatic N) is 1. The molecule has 1 aliphatic heterocycles. The lowest BCUT2D eigenvalue weighted by Gasteiger charge is -2.18. The molecule has 8 heteroatoms. The highest BCUT2D eigenvalue weighted by Crippen LogP contribution is 2.17. The van der Waals surface area contributed by atoms with Gasteiger partial charge in [-0.3, -0.25) is 9.69 Å². The summed E-state index contributed by atoms with van der Waals surface area (Å²) in [7, 11) is 0. The van der Waals surface area contributed by atoms with E-state index >= 15 is 0 Å². The summed E-state index contributed by atoms with van der Waals surface area (Å²) in [6.45, 7) is 1.90. The number of hydrogen-bond donors (Lipinski definition) is 1. The number of hydrogen-bond acceptors (Lipinski definition) is 4. The van der Waals surface area contributed by atoms with E-state index in [2.05, 4.69) is 21.2 Å². The molecule has 0 aliphatic carbocycles. The van der Waals surface area contributed by atoms with Crippen molar-refractivity contribution in [3.63, 3.8) is 0 Å². The molecule has 0 aromatic heterocycles. The van der Waals surface area contributed by atoms with Gasteiger partial charge in [0.1, 0.15) is 5.82 Å². The van der Waals surface area contributed by atoms with Crippen LogP contribution < -0.4 is 5.32 Å². The summed E-state index contributed by atoms with van der Waals surface area (Å²) in [6, 6.07) is 3.33. The van der Waals surface area contributed by atoms with Crippen LogP contribution in [0.15, 0.2) is 22.7 Å². The van der Waals surface area contributed by atoms with Crippen LogP contribution in [0.5, 0.6) is 0 Å². The van der Waals surface area contributed by atoms with Crippen LogP contribution in [0.2, 0.25) is 0 Å². The number of rotatable bonds is 3. The molecule has 1 atom stereocenters. The smallest absolute Gasteiger partial charge is 0.341 e. The minimum Gasteiger partial charge on any atom is -0.449 e. The van der Waals surface area contributed by atoms with Crippen LogP contribution in [0.4, 0.5) is 9.18 Å². The predicted octanol–water partition coefficient (Wildman–Crippen LogP) is 1.69. The fourth-order valence-corrected chi connectivity index (χ4v) is 2.16. The van der Waals surface area contributed by atoms with E-state index in [9.17, 15) is 18.8 Å². The number of carbonyl (C=O) groups is 3. The monoisotopic (exact) mass is 358 g/mol. The molecule has 0 spiro atoms. The zero-order valence-corrected chi connectivity index (χ0v) is 12.6. The van der Waals surface area contributed by atoms with Crippen LogP contribution in [-0.4, -0.2) is 42.0 Å². The van der Waals surface area contributed by atoms with Gasteiger partial charge in [0.25, 0.3) is 5.91 Å². The first-order chi connectivity index (χ1) is 9.90. The number of urea groups is 1. The standard InChI is InChI=1S/C13H12BrFN2O4/c1-7(11(18)17-5-4-16-13(17)20)21-12(19)9-3-2-8(14)6-10(9)15/h2-3,6-7H,4-5H2,1H3,(H,16,20)/t7-/m0/s1. The molecule has 1 aromatic carbocycles. The molecule has 1 N–H and O–H groups in total. The number of ether oxygens (including phenoxy) is 1. The zero-order chi connectivity index (χ0) is 15.6. The van der Waals surface area contributed by atoms with Gasteiger partial charge in [-0.05, 0) is 25.1 Å². The number of imide groups is 1. The molecule has 1 heterocycles. The van der Waals surface area contributed by atoms with Gasteiger partial charge in [-0.25, -0.2) is 14.0 Å². The average molecular weight is 359 g/mol. The lowest BCUT2D eigenvalue weighted by atomic mass is 10.2. The van der Waals surface area contributed by atoms with E-state index in [1.165, 1.54) is 19.1 Å². The number of nitrogens with one attached hydrogen (secondary N) is 1. The van der Waals surface area contributed by atoms with E-state index in [0.29, 0.717) is 11.0 Å². The first-order valence-corrected chi connectivity index (χ1v) is 6.94. The molecular weight excluding hydrogens is 347 g/mol. The molecule has 2 rings (SSSR count). The highest BCUT2D eigenvalue weighted by molar-refractivity contribution is 9.10. The molecule has 1 fully saturated rings. The highest BCUT2D eigenvalue weighted by atomic mass is 79.9. The minimum atomic E-state index is -1.18. The summed E-state index contributed by atoms with van der Waals surface area (Å²) in [4.78, 5) is 36.1. The molecule has 0 unspecified atom stereocenters. The summed E-state index contributed by atoms with van der Waals surface area (Å²) >= 11 is 3.07. The van der Waals surface area contributed by atoms with E-state index in [-0.39, 0.29) is 12.1 Å². The second-order valence-corrected chi connectivity index (χ2v) is 5.31. The third kappa shape index (κ3) is 3.38. The number of carbonyl (C=O) groups excluding carboxylic acids is 3. The number of halogens is 2. The van der Waals surface area contributed by atoms with Gasteiger partial charge in [0.15, 0.2) is 6.10 Å². The van der Waals surface area contributed by atoms with Gasteiger partial charge < -0.3 is 10.1 Å². The van der Waals surface area contributed by atoms with Crippen LogP contribution in [-0.2, 0) is 9.53 Å². The van der Waals surface area contributed by atoms with Gasteiger partial charge >= 0.3 is 12.0 Å². The Morgan fingerprint density at radius 1 is 1.48 bits per heavy atom. The van der Waals surface area contributed by atoms with Crippen LogP contribution in [0, 0.1) is 5.82 Å². The molecule has 0 saturated carbocycles. The number of esters is 1. The summed E-state index contributed by atoms with van der Waals surface area (Å²) in [6.07, 6.45) is -1.18. The highest BCUT2D eigenvalue weighted by Gasteiger charge is 2.32. The summed E-state index contributed by atoms with van der Waals surface area (Å²) in [5, 5.41) is 2.47. The van der Waals surface area contributed by atoms with Crippen molar-refractivity contribution in [1.29, 1.82) is 0 Å². The van der Waals surface area contributed by atoms with Gasteiger partial charge in [-0.15, -0.1) is 0 Å². The third-order valence-corrected chi connectivity index (χ3v) is 3.40. The number of benzene rings is 1. The maximum atomic E-state index is 13.6. The summed E-state index contributed by atoms with van der Waals surface area (Å²) in [5.41, 5.74) is -0.274. The van der Waals surface area contributed by atoms with Crippen LogP contribution in [0.1, 0.15) is 17.3 Å². The van der Waals surface area contributed by atoms with E-state index in [1.54, 1.807) is 0 Å². The average Bonchev–Trinajstić information content (AvgIpc) is 2.83. The molecular formula is C13H12BrFN2O4. The Kier molecular flexibility index (Phi) is 4.56. The Bertz CT molecular complexity index is 608. The quantitative estimate of drug-likeness (QED) is 0.834. The fourth-order valence-electron chi connectivity index (χ4n) is 1.83. The van der Waals surface area contributed by atoms with Gasteiger partial charge in [0.2, 0.25) is 0 Å². The van der Waals surface area contributed by atoms with Gasteiger partial charge in [0, 0.05) is 17.6 Å². The predicted molar refractivity (Wildman–Crippen MR) is 74.1 cm³/mol. The van der Waals surface area contributed by atoms with Crippen molar-refractivity contribution >= 4 is 33.8 Å². The van der Waals surface area contributed by atoms with E-state index < -0.39 is 29.8 Å². The molecule has 0 bridgehead atoms. The maximum absolute atomic E-state index is 13.6. The molecule has 21 heavy (non-hydrogen) atoms. The van der Waals surface area contributed by atoms with Crippen molar-refractivity contribution < 1.29 is 23.5 Å². The zero-order valence-electron chi connectivity index (χ0n) is 11.1. The second kappa shape index (κ2) is 6.21. The van der Waals surface area contributed by atoms with Crippen molar-refractivity contribution in [3.8, 4) is 0 Å². The van der Waals surface area contributed by atoms with Gasteiger partial charge in [-0.1, -0.05) is 15.9 Å². The molecule has 0 radical (unpaired) electrons. The van der Waals surface area contributed by atoms with Crippen molar-refractivity contribution in [3.05, 3.63) is 34.1 Å². The van der Waals surface area contributed by atoms with Gasteiger partial charge in [0.05, 0.1) is 5.56 Å². The Morgan fingerprint density at radius 2 is 2.19 bits per heavy atom. The molecule has 1 aliphatic rings. The Labute approximate surface area is 128 Å². The SMILES string of the molecule is C[C@H](OC(=O)c1ccc(Br)cc1F)C(=O)N1CCNC1=O. The topological polar surface area (TPSA) is 75.7 Å². The molecule has 6 nitrogen and oxygen atoms in total. The van der Waals surface area contributed by atoms with E-state index in [0.717, 1.165) is 11.0 Å². The lowest BCUT2D eigenvalue weighted by Crippen LogP contribution is -2.41. The largest absolute Gasteiger partial charge is 0.449 e. The molecule has 1 aromatic rings. The minimum absolute atomic E-state index is 0.214. The van der Waals surface area contributed by atoms with Crippen molar-refractivity contribution in [1.82, 2.24) is 10.2 Å². The fraction of sp³-hybridized carbons (Fsp3) is 0.308. The van der Waals surface area contributed by atoms with Gasteiger partial charge in [-0.2, -0.15) is 0 Å². The third-order valence-electron chi connectivity index (χ3n) is 2.91. The Balaban J connectivity index is 2.05. The Hall–Kier alpha value is -1.96. The maximum Gasteiger partial charge on any atom is 0.341 e. The van der Waals surface area contributed by atoms with E-state index in [1.807, 2.05) is 0 Å². The van der Waals surface area contributed by atoms with Crippen molar-refractivity contribution in [2.75, 3.05) is 13.1 Å². The number of amides is 3.